The Labute approximate surface area is 183 Å². The average molecular weight is 446 g/mol. The van der Waals surface area contributed by atoms with Crippen molar-refractivity contribution >= 4 is 28.4 Å². The minimum absolute atomic E-state index is 0.0737. The van der Waals surface area contributed by atoms with E-state index in [-0.39, 0.29) is 22.2 Å². The Bertz CT molecular complexity index is 1100. The molecule has 0 N–H and O–H groups in total. The Balaban J connectivity index is 1.35. The number of pyridine rings is 1. The first-order chi connectivity index (χ1) is 14.9. The average Bonchev–Trinajstić information content (AvgIpc) is 3.43. The molecule has 1 aromatic heterocycles. The molecule has 2 heterocycles. The number of hydrogen-bond donors (Lipinski definition) is 0. The minimum Gasteiger partial charge on any atom is -0.497 e. The molecular formula is C23H22F3N3OS. The monoisotopic (exact) mass is 445 g/mol. The van der Waals surface area contributed by atoms with Crippen LogP contribution in [0.15, 0.2) is 59.6 Å². The summed E-state index contributed by atoms with van der Waals surface area (Å²) in [6.45, 7) is 2.46. The molecule has 0 radical (unpaired) electrons. The summed E-state index contributed by atoms with van der Waals surface area (Å²) in [7, 11) is 1.65. The second-order valence-corrected chi connectivity index (χ2v) is 9.29. The lowest BCUT2D eigenvalue weighted by Gasteiger charge is -2.23. The van der Waals surface area contributed by atoms with Crippen LogP contribution in [0.1, 0.15) is 18.4 Å². The maximum absolute atomic E-state index is 12.6. The second-order valence-electron chi connectivity index (χ2n) is 8.16. The molecule has 0 atom stereocenters. The molecule has 4 nitrogen and oxygen atoms in total. The lowest BCUT2D eigenvalue weighted by atomic mass is 10.1. The molecular weight excluding hydrogens is 423 g/mol. The summed E-state index contributed by atoms with van der Waals surface area (Å²) in [6.07, 6.45) is 4.12. The number of aromatic nitrogens is 1. The molecule has 3 aromatic rings. The van der Waals surface area contributed by atoms with Gasteiger partial charge in [-0.25, -0.2) is 0 Å². The molecule has 162 valence electrons. The largest absolute Gasteiger partial charge is 0.497 e. The van der Waals surface area contributed by atoms with E-state index in [1.165, 1.54) is 5.56 Å². The zero-order valence-corrected chi connectivity index (χ0v) is 17.8. The third-order valence-electron chi connectivity index (χ3n) is 6.16. The number of thioether (sulfide) groups is 1. The molecule has 31 heavy (non-hydrogen) atoms. The number of alkyl halides is 3. The summed E-state index contributed by atoms with van der Waals surface area (Å²) in [6, 6.07) is 14.7. The third kappa shape index (κ3) is 4.19. The van der Waals surface area contributed by atoms with Crippen molar-refractivity contribution < 1.29 is 17.9 Å². The summed E-state index contributed by atoms with van der Waals surface area (Å²) in [5.41, 5.74) is -1.01. The van der Waals surface area contributed by atoms with Crippen molar-refractivity contribution in [3.8, 4) is 5.75 Å². The van der Waals surface area contributed by atoms with Gasteiger partial charge >= 0.3 is 5.51 Å². The molecule has 2 aliphatic rings. The van der Waals surface area contributed by atoms with Crippen LogP contribution >= 0.6 is 11.8 Å². The number of rotatable bonds is 5. The van der Waals surface area contributed by atoms with Gasteiger partial charge in [0.05, 0.1) is 19.3 Å². The fourth-order valence-corrected chi connectivity index (χ4v) is 4.93. The van der Waals surface area contributed by atoms with E-state index in [4.69, 9.17) is 4.74 Å². The van der Waals surface area contributed by atoms with Crippen LogP contribution in [0.5, 0.6) is 5.75 Å². The molecule has 5 rings (SSSR count). The van der Waals surface area contributed by atoms with Gasteiger partial charge in [-0.3, -0.25) is 9.88 Å². The van der Waals surface area contributed by atoms with Gasteiger partial charge in [0.1, 0.15) is 5.75 Å². The van der Waals surface area contributed by atoms with Gasteiger partial charge < -0.3 is 9.64 Å². The van der Waals surface area contributed by atoms with Crippen LogP contribution in [-0.2, 0) is 6.54 Å². The summed E-state index contributed by atoms with van der Waals surface area (Å²) in [5, 5.41) is 1.12. The van der Waals surface area contributed by atoms with E-state index in [2.05, 4.69) is 26.9 Å². The van der Waals surface area contributed by atoms with Crippen molar-refractivity contribution in [2.24, 2.45) is 0 Å². The number of ether oxygens (including phenoxy) is 1. The van der Waals surface area contributed by atoms with Crippen LogP contribution in [0.3, 0.4) is 0 Å². The number of hydrogen-bond acceptors (Lipinski definition) is 5. The van der Waals surface area contributed by atoms with Gasteiger partial charge in [-0.1, -0.05) is 0 Å². The molecule has 2 aromatic carbocycles. The van der Waals surface area contributed by atoms with Gasteiger partial charge in [-0.15, -0.1) is 0 Å². The topological polar surface area (TPSA) is 28.6 Å². The first-order valence-corrected chi connectivity index (χ1v) is 10.9. The van der Waals surface area contributed by atoms with E-state index in [0.717, 1.165) is 54.9 Å². The lowest BCUT2D eigenvalue weighted by Crippen LogP contribution is -2.32. The number of nitrogens with zero attached hydrogens (tertiary/aromatic N) is 3. The quantitative estimate of drug-likeness (QED) is 0.472. The van der Waals surface area contributed by atoms with E-state index in [9.17, 15) is 13.2 Å². The number of halogens is 3. The van der Waals surface area contributed by atoms with Crippen molar-refractivity contribution in [1.29, 1.82) is 0 Å². The molecule has 2 fully saturated rings. The van der Waals surface area contributed by atoms with Gasteiger partial charge in [0.2, 0.25) is 0 Å². The molecule has 0 unspecified atom stereocenters. The zero-order chi connectivity index (χ0) is 21.6. The number of anilines is 1. The Morgan fingerprint density at radius 2 is 1.87 bits per heavy atom. The van der Waals surface area contributed by atoms with E-state index in [1.807, 2.05) is 18.3 Å². The minimum atomic E-state index is -4.26. The fraction of sp³-hybridized carbons (Fsp3) is 0.348. The standard InChI is InChI=1S/C23H22F3N3OS/c1-30-18-4-7-20-16(8-11-27-21(20)12-18)13-29-15-28(14-22(29)9-10-22)17-2-5-19(6-3-17)31-23(24,25)26/h2-8,11-12H,9-10,13-15H2,1H3. The van der Waals surface area contributed by atoms with Gasteiger partial charge in [0.25, 0.3) is 0 Å². The van der Waals surface area contributed by atoms with Gasteiger partial charge in [0.15, 0.2) is 0 Å². The van der Waals surface area contributed by atoms with Crippen LogP contribution in [0.4, 0.5) is 18.9 Å². The Kier molecular flexibility index (Phi) is 5.01. The van der Waals surface area contributed by atoms with Crippen LogP contribution in [0, 0.1) is 0 Å². The van der Waals surface area contributed by atoms with Crippen LogP contribution in [0.25, 0.3) is 10.9 Å². The van der Waals surface area contributed by atoms with E-state index >= 15 is 0 Å². The molecule has 8 heteroatoms. The van der Waals surface area contributed by atoms with Crippen molar-refractivity contribution in [3.05, 3.63) is 60.3 Å². The second kappa shape index (κ2) is 7.60. The first-order valence-electron chi connectivity index (χ1n) is 10.1. The summed E-state index contributed by atoms with van der Waals surface area (Å²) in [4.78, 5) is 9.45. The fourth-order valence-electron chi connectivity index (χ4n) is 4.39. The predicted molar refractivity (Wildman–Crippen MR) is 116 cm³/mol. The maximum atomic E-state index is 12.6. The Hall–Kier alpha value is -2.45. The summed E-state index contributed by atoms with van der Waals surface area (Å²) < 4.78 is 43.1. The Morgan fingerprint density at radius 3 is 2.55 bits per heavy atom. The molecule has 1 saturated carbocycles. The van der Waals surface area contributed by atoms with E-state index < -0.39 is 5.51 Å². The number of benzene rings is 2. The van der Waals surface area contributed by atoms with E-state index in [1.54, 1.807) is 31.4 Å². The normalized spacial score (nSPS) is 18.1. The van der Waals surface area contributed by atoms with E-state index in [0.29, 0.717) is 0 Å². The Morgan fingerprint density at radius 1 is 1.10 bits per heavy atom. The SMILES string of the molecule is COc1ccc2c(CN3CN(c4ccc(SC(F)(F)F)cc4)CC34CC4)ccnc2c1. The molecule has 0 amide bonds. The summed E-state index contributed by atoms with van der Waals surface area (Å²) in [5.74, 6) is 0.787. The molecule has 1 spiro atoms. The van der Waals surface area contributed by atoms with Gasteiger partial charge in [0, 0.05) is 46.9 Å². The smallest absolute Gasteiger partial charge is 0.446 e. The highest BCUT2D eigenvalue weighted by atomic mass is 32.2. The highest BCUT2D eigenvalue weighted by Crippen LogP contribution is 2.48. The van der Waals surface area contributed by atoms with Gasteiger partial charge in [-0.2, -0.15) is 13.2 Å². The molecule has 1 saturated heterocycles. The maximum Gasteiger partial charge on any atom is 0.446 e. The number of fused-ring (bicyclic) bond motifs is 1. The highest BCUT2D eigenvalue weighted by Gasteiger charge is 2.53. The van der Waals surface area contributed by atoms with Crippen LogP contribution in [0.2, 0.25) is 0 Å². The van der Waals surface area contributed by atoms with Crippen molar-refractivity contribution in [3.63, 3.8) is 0 Å². The zero-order valence-electron chi connectivity index (χ0n) is 17.0. The predicted octanol–water partition coefficient (Wildman–Crippen LogP) is 5.67. The third-order valence-corrected chi connectivity index (χ3v) is 6.90. The van der Waals surface area contributed by atoms with Crippen molar-refractivity contribution in [2.45, 2.75) is 35.3 Å². The molecule has 1 aliphatic carbocycles. The van der Waals surface area contributed by atoms with Crippen LogP contribution in [-0.4, -0.2) is 41.3 Å². The highest BCUT2D eigenvalue weighted by molar-refractivity contribution is 8.00. The van der Waals surface area contributed by atoms with Crippen molar-refractivity contribution in [2.75, 3.05) is 25.2 Å². The van der Waals surface area contributed by atoms with Crippen LogP contribution < -0.4 is 9.64 Å². The molecule has 0 bridgehead atoms. The first kappa shape index (κ1) is 20.5. The summed E-state index contributed by atoms with van der Waals surface area (Å²) >= 11 is -0.0737. The number of methoxy groups -OCH3 is 1. The molecule has 1 aliphatic heterocycles. The van der Waals surface area contributed by atoms with Crippen molar-refractivity contribution in [1.82, 2.24) is 9.88 Å². The van der Waals surface area contributed by atoms with Gasteiger partial charge in [-0.05, 0) is 72.6 Å². The lowest BCUT2D eigenvalue weighted by molar-refractivity contribution is -0.0328.